The zero-order chi connectivity index (χ0) is 19.4. The molecule has 1 amide bonds. The molecular weight excluding hydrogens is 343 g/mol. The maximum Gasteiger partial charge on any atom is 0.244 e. The normalized spacial score (nSPS) is 16.3. The summed E-state index contributed by atoms with van der Waals surface area (Å²) < 4.78 is 13.7. The molecule has 0 bridgehead atoms. The van der Waals surface area contributed by atoms with E-state index in [2.05, 4.69) is 16.0 Å². The molecule has 0 saturated carbocycles. The van der Waals surface area contributed by atoms with Crippen LogP contribution in [0.2, 0.25) is 0 Å². The summed E-state index contributed by atoms with van der Waals surface area (Å²) in [5, 5.41) is 0. The number of likely N-dealkylation sites (N-methyl/N-ethyl adjacent to an activating group) is 1. The first kappa shape index (κ1) is 19.3. The predicted octanol–water partition coefficient (Wildman–Crippen LogP) is 2.87. The van der Waals surface area contributed by atoms with Crippen LogP contribution < -0.4 is 4.90 Å². The lowest BCUT2D eigenvalue weighted by molar-refractivity contribution is -0.136. The number of aromatic nitrogens is 1. The Kier molecular flexibility index (Phi) is 6.06. The molecule has 1 fully saturated rings. The van der Waals surface area contributed by atoms with Gasteiger partial charge in [-0.15, -0.1) is 0 Å². The minimum absolute atomic E-state index is 0.0263. The third-order valence-corrected chi connectivity index (χ3v) is 4.97. The Labute approximate surface area is 160 Å². The molecule has 3 rings (SSSR count). The number of benzene rings is 1. The second-order valence-corrected chi connectivity index (χ2v) is 7.24. The Bertz CT molecular complexity index is 795. The Morgan fingerprint density at radius 1 is 1.15 bits per heavy atom. The van der Waals surface area contributed by atoms with E-state index in [1.54, 1.807) is 6.07 Å². The quantitative estimate of drug-likeness (QED) is 0.830. The highest BCUT2D eigenvalue weighted by Crippen LogP contribution is 2.23. The van der Waals surface area contributed by atoms with Crippen LogP contribution in [0.15, 0.2) is 42.6 Å². The zero-order valence-corrected chi connectivity index (χ0v) is 16.2. The first-order chi connectivity index (χ1) is 13.0. The first-order valence-electron chi connectivity index (χ1n) is 9.34. The average Bonchev–Trinajstić information content (AvgIpc) is 2.88. The van der Waals surface area contributed by atoms with E-state index < -0.39 is 6.04 Å². The topological polar surface area (TPSA) is 39.7 Å². The molecule has 1 atom stereocenters. The van der Waals surface area contributed by atoms with Gasteiger partial charge in [0.1, 0.15) is 11.9 Å². The second-order valence-electron chi connectivity index (χ2n) is 7.24. The van der Waals surface area contributed by atoms with E-state index in [0.29, 0.717) is 18.7 Å². The Morgan fingerprint density at radius 3 is 2.67 bits per heavy atom. The highest BCUT2D eigenvalue weighted by atomic mass is 19.1. The molecule has 0 aliphatic carbocycles. The lowest BCUT2D eigenvalue weighted by Gasteiger charge is -2.30. The second kappa shape index (κ2) is 8.48. The molecule has 5 nitrogen and oxygen atoms in total. The van der Waals surface area contributed by atoms with Gasteiger partial charge >= 0.3 is 0 Å². The largest absolute Gasteiger partial charge is 0.370 e. The molecule has 6 heteroatoms. The van der Waals surface area contributed by atoms with Crippen LogP contribution in [0.1, 0.15) is 23.7 Å². The molecule has 27 heavy (non-hydrogen) atoms. The summed E-state index contributed by atoms with van der Waals surface area (Å²) in [6.07, 6.45) is 2.72. The summed E-state index contributed by atoms with van der Waals surface area (Å²) >= 11 is 0. The SMILES string of the molecule is Cc1cc(N2CCCN(C(=O)[C@H](c3cccc(F)c3)N(C)C)CC2)ccn1. The number of pyridine rings is 1. The van der Waals surface area contributed by atoms with Gasteiger partial charge in [0.15, 0.2) is 0 Å². The van der Waals surface area contributed by atoms with Gasteiger partial charge in [0.2, 0.25) is 5.91 Å². The van der Waals surface area contributed by atoms with Crippen LogP contribution in [0.3, 0.4) is 0 Å². The lowest BCUT2D eigenvalue weighted by Crippen LogP contribution is -2.42. The number of carbonyl (C=O) groups excluding carboxylic acids is 1. The van der Waals surface area contributed by atoms with Crippen LogP contribution >= 0.6 is 0 Å². The molecule has 1 aromatic carbocycles. The van der Waals surface area contributed by atoms with Crippen LogP contribution in [-0.4, -0.2) is 61.0 Å². The summed E-state index contributed by atoms with van der Waals surface area (Å²) in [4.78, 5) is 23.6. The van der Waals surface area contributed by atoms with Crippen molar-refractivity contribution in [3.8, 4) is 0 Å². The molecule has 0 N–H and O–H groups in total. The van der Waals surface area contributed by atoms with E-state index >= 15 is 0 Å². The minimum Gasteiger partial charge on any atom is -0.370 e. The van der Waals surface area contributed by atoms with Gasteiger partial charge in [-0.25, -0.2) is 4.39 Å². The Balaban J connectivity index is 1.74. The van der Waals surface area contributed by atoms with E-state index in [1.165, 1.54) is 12.1 Å². The van der Waals surface area contributed by atoms with E-state index in [4.69, 9.17) is 0 Å². The third kappa shape index (κ3) is 4.63. The highest BCUT2D eigenvalue weighted by Gasteiger charge is 2.29. The number of amides is 1. The molecule has 1 aliphatic rings. The highest BCUT2D eigenvalue weighted by molar-refractivity contribution is 5.83. The van der Waals surface area contributed by atoms with Crippen molar-refractivity contribution >= 4 is 11.6 Å². The first-order valence-corrected chi connectivity index (χ1v) is 9.34. The number of carbonyl (C=O) groups is 1. The van der Waals surface area contributed by atoms with Gasteiger partial charge in [-0.05, 0) is 57.3 Å². The van der Waals surface area contributed by atoms with Gasteiger partial charge in [0.25, 0.3) is 0 Å². The van der Waals surface area contributed by atoms with Crippen LogP contribution in [0.4, 0.5) is 10.1 Å². The smallest absolute Gasteiger partial charge is 0.244 e. The van der Waals surface area contributed by atoms with E-state index in [0.717, 1.165) is 30.9 Å². The monoisotopic (exact) mass is 370 g/mol. The van der Waals surface area contributed by atoms with E-state index in [-0.39, 0.29) is 11.7 Å². The average molecular weight is 370 g/mol. The van der Waals surface area contributed by atoms with Crippen molar-refractivity contribution in [3.63, 3.8) is 0 Å². The van der Waals surface area contributed by atoms with Crippen LogP contribution in [-0.2, 0) is 4.79 Å². The van der Waals surface area contributed by atoms with Gasteiger partial charge in [0, 0.05) is 43.8 Å². The Hall–Kier alpha value is -2.47. The number of rotatable bonds is 4. The molecular formula is C21H27FN4O. The molecule has 0 spiro atoms. The summed E-state index contributed by atoms with van der Waals surface area (Å²) in [5.74, 6) is -0.291. The van der Waals surface area contributed by atoms with Gasteiger partial charge in [-0.3, -0.25) is 14.7 Å². The van der Waals surface area contributed by atoms with Crippen LogP contribution in [0.5, 0.6) is 0 Å². The fraction of sp³-hybridized carbons (Fsp3) is 0.429. The number of hydrogen-bond acceptors (Lipinski definition) is 4. The standard InChI is InChI=1S/C21H27FN4O/c1-16-14-19(8-9-23-16)25-10-5-11-26(13-12-25)21(27)20(24(2)3)17-6-4-7-18(22)15-17/h4,6-9,14-15,20H,5,10-13H2,1-3H3/t20-/m0/s1. The van der Waals surface area contributed by atoms with E-state index in [9.17, 15) is 9.18 Å². The maximum atomic E-state index is 13.7. The summed E-state index contributed by atoms with van der Waals surface area (Å²) in [7, 11) is 3.72. The predicted molar refractivity (Wildman–Crippen MR) is 105 cm³/mol. The van der Waals surface area contributed by atoms with Crippen LogP contribution in [0, 0.1) is 12.7 Å². The molecule has 1 aromatic heterocycles. The van der Waals surface area contributed by atoms with Crippen molar-refractivity contribution in [2.45, 2.75) is 19.4 Å². The zero-order valence-electron chi connectivity index (χ0n) is 16.2. The molecule has 0 unspecified atom stereocenters. The van der Waals surface area contributed by atoms with Gasteiger partial charge in [0.05, 0.1) is 0 Å². The van der Waals surface area contributed by atoms with Gasteiger partial charge in [-0.1, -0.05) is 12.1 Å². The maximum absolute atomic E-state index is 13.7. The van der Waals surface area contributed by atoms with Crippen molar-refractivity contribution in [3.05, 3.63) is 59.7 Å². The van der Waals surface area contributed by atoms with Crippen molar-refractivity contribution < 1.29 is 9.18 Å². The molecule has 2 aromatic rings. The van der Waals surface area contributed by atoms with Crippen LogP contribution in [0.25, 0.3) is 0 Å². The van der Waals surface area contributed by atoms with Gasteiger partial charge < -0.3 is 9.80 Å². The number of nitrogens with zero attached hydrogens (tertiary/aromatic N) is 4. The molecule has 0 radical (unpaired) electrons. The lowest BCUT2D eigenvalue weighted by atomic mass is 10.0. The summed E-state index contributed by atoms with van der Waals surface area (Å²) in [6, 6.07) is 9.94. The van der Waals surface area contributed by atoms with E-state index in [1.807, 2.05) is 49.1 Å². The van der Waals surface area contributed by atoms with Crippen molar-refractivity contribution in [1.29, 1.82) is 0 Å². The summed E-state index contributed by atoms with van der Waals surface area (Å²) in [5.41, 5.74) is 2.82. The summed E-state index contributed by atoms with van der Waals surface area (Å²) in [6.45, 7) is 5.02. The third-order valence-electron chi connectivity index (χ3n) is 4.97. The molecule has 144 valence electrons. The minimum atomic E-state index is -0.476. The molecule has 1 saturated heterocycles. The number of aryl methyl sites for hydroxylation is 1. The van der Waals surface area contributed by atoms with Crippen molar-refractivity contribution in [1.82, 2.24) is 14.8 Å². The van der Waals surface area contributed by atoms with Crippen molar-refractivity contribution in [2.75, 3.05) is 45.2 Å². The molecule has 1 aliphatic heterocycles. The fourth-order valence-corrected chi connectivity index (χ4v) is 3.63. The Morgan fingerprint density at radius 2 is 1.96 bits per heavy atom. The number of halogens is 1. The number of hydrogen-bond donors (Lipinski definition) is 0. The fourth-order valence-electron chi connectivity index (χ4n) is 3.63. The van der Waals surface area contributed by atoms with Gasteiger partial charge in [-0.2, -0.15) is 0 Å². The number of anilines is 1. The molecule has 2 heterocycles. The van der Waals surface area contributed by atoms with Crippen molar-refractivity contribution in [2.24, 2.45) is 0 Å².